The molecular weight excluding hydrogens is 198 g/mol. The number of rotatable bonds is 3. The Balaban J connectivity index is 2.76. The van der Waals surface area contributed by atoms with E-state index < -0.39 is 11.9 Å². The van der Waals surface area contributed by atoms with Crippen molar-refractivity contribution >= 4 is 11.9 Å². The molecule has 0 saturated carbocycles. The first-order valence-electron chi connectivity index (χ1n) is 4.26. The Bertz CT molecular complexity index is 375. The minimum Gasteiger partial charge on any atom is -0.480 e. The minimum atomic E-state index is -1.06. The maximum atomic E-state index is 11.6. The van der Waals surface area contributed by atoms with Crippen molar-refractivity contribution in [2.24, 2.45) is 0 Å². The van der Waals surface area contributed by atoms with E-state index >= 15 is 0 Å². The first kappa shape index (κ1) is 11.1. The molecule has 0 aliphatic rings. The molecule has 0 aliphatic carbocycles. The number of aromatic nitrogens is 2. The van der Waals surface area contributed by atoms with Gasteiger partial charge in [0.05, 0.1) is 11.9 Å². The van der Waals surface area contributed by atoms with Crippen LogP contribution >= 0.6 is 0 Å². The first-order valence-corrected chi connectivity index (χ1v) is 4.26. The van der Waals surface area contributed by atoms with Gasteiger partial charge in [0.15, 0.2) is 0 Å². The second kappa shape index (κ2) is 4.50. The number of carboxylic acids is 1. The van der Waals surface area contributed by atoms with Crippen LogP contribution in [0.2, 0.25) is 0 Å². The lowest BCUT2D eigenvalue weighted by Crippen LogP contribution is -2.32. The summed E-state index contributed by atoms with van der Waals surface area (Å²) in [6.07, 6.45) is 2.79. The molecule has 80 valence electrons. The van der Waals surface area contributed by atoms with Gasteiger partial charge in [0.1, 0.15) is 12.2 Å². The number of carboxylic acid groups (broad SMARTS) is 1. The van der Waals surface area contributed by atoms with Gasteiger partial charge in [0.25, 0.3) is 5.91 Å². The normalized spacial score (nSPS) is 9.73. The van der Waals surface area contributed by atoms with E-state index in [-0.39, 0.29) is 12.2 Å². The van der Waals surface area contributed by atoms with Crippen LogP contribution in [0.25, 0.3) is 0 Å². The molecule has 0 aromatic carbocycles. The largest absolute Gasteiger partial charge is 0.480 e. The first-order chi connectivity index (χ1) is 7.00. The molecular formula is C9H11N3O3. The lowest BCUT2D eigenvalue weighted by atomic mass is 10.3. The van der Waals surface area contributed by atoms with Crippen molar-refractivity contribution < 1.29 is 14.7 Å². The number of hydrogen-bond acceptors (Lipinski definition) is 4. The van der Waals surface area contributed by atoms with Gasteiger partial charge in [-0.2, -0.15) is 0 Å². The zero-order valence-corrected chi connectivity index (χ0v) is 8.47. The molecule has 0 unspecified atom stereocenters. The van der Waals surface area contributed by atoms with Crippen molar-refractivity contribution in [3.63, 3.8) is 0 Å². The van der Waals surface area contributed by atoms with Crippen LogP contribution in [0.4, 0.5) is 0 Å². The zero-order chi connectivity index (χ0) is 11.4. The number of hydrogen-bond donors (Lipinski definition) is 1. The average molecular weight is 209 g/mol. The van der Waals surface area contributed by atoms with Gasteiger partial charge in [-0.25, -0.2) is 4.98 Å². The Morgan fingerprint density at radius 2 is 2.07 bits per heavy atom. The van der Waals surface area contributed by atoms with Crippen molar-refractivity contribution in [3.8, 4) is 0 Å². The molecule has 0 radical (unpaired) electrons. The van der Waals surface area contributed by atoms with Crippen molar-refractivity contribution in [3.05, 3.63) is 23.8 Å². The van der Waals surface area contributed by atoms with Gasteiger partial charge in [-0.3, -0.25) is 14.6 Å². The topological polar surface area (TPSA) is 83.4 Å². The van der Waals surface area contributed by atoms with Gasteiger partial charge < -0.3 is 10.0 Å². The lowest BCUT2D eigenvalue weighted by molar-refractivity contribution is -0.137. The number of aryl methyl sites for hydroxylation is 1. The third-order valence-electron chi connectivity index (χ3n) is 1.72. The maximum Gasteiger partial charge on any atom is 0.323 e. The summed E-state index contributed by atoms with van der Waals surface area (Å²) in [5.74, 6) is -1.52. The Labute approximate surface area is 86.6 Å². The number of likely N-dealkylation sites (N-methyl/N-ethyl adjacent to an activating group) is 1. The second-order valence-electron chi connectivity index (χ2n) is 3.10. The summed E-state index contributed by atoms with van der Waals surface area (Å²) < 4.78 is 0. The van der Waals surface area contributed by atoms with Crippen molar-refractivity contribution in [1.82, 2.24) is 14.9 Å². The van der Waals surface area contributed by atoms with Gasteiger partial charge in [-0.15, -0.1) is 0 Å². The van der Waals surface area contributed by atoms with E-state index in [1.54, 1.807) is 6.92 Å². The summed E-state index contributed by atoms with van der Waals surface area (Å²) in [4.78, 5) is 30.8. The van der Waals surface area contributed by atoms with E-state index in [0.717, 1.165) is 4.90 Å². The van der Waals surface area contributed by atoms with E-state index in [1.807, 2.05) is 0 Å². The summed E-state index contributed by atoms with van der Waals surface area (Å²) >= 11 is 0. The van der Waals surface area contributed by atoms with Gasteiger partial charge in [-0.1, -0.05) is 0 Å². The predicted octanol–water partition coefficient (Wildman–Crippen LogP) is -0.0584. The van der Waals surface area contributed by atoms with Crippen LogP contribution in [0.1, 0.15) is 16.2 Å². The highest BCUT2D eigenvalue weighted by Gasteiger charge is 2.15. The number of nitrogens with zero attached hydrogens (tertiary/aromatic N) is 3. The zero-order valence-electron chi connectivity index (χ0n) is 8.47. The van der Waals surface area contributed by atoms with E-state index in [9.17, 15) is 9.59 Å². The molecule has 6 heteroatoms. The van der Waals surface area contributed by atoms with Crippen LogP contribution in [0.3, 0.4) is 0 Å². The molecule has 1 rings (SSSR count). The Hall–Kier alpha value is -1.98. The number of aliphatic carboxylic acids is 1. The molecule has 0 spiro atoms. The molecule has 0 fully saturated rings. The van der Waals surface area contributed by atoms with E-state index in [4.69, 9.17) is 5.11 Å². The standard InChI is InChI=1S/C9H11N3O3/c1-6-3-11-7(4-10-6)9(15)12(2)5-8(13)14/h3-4H,5H2,1-2H3,(H,13,14). The monoisotopic (exact) mass is 209 g/mol. The summed E-state index contributed by atoms with van der Waals surface area (Å²) in [6, 6.07) is 0. The van der Waals surface area contributed by atoms with E-state index in [0.29, 0.717) is 5.69 Å². The van der Waals surface area contributed by atoms with E-state index in [2.05, 4.69) is 9.97 Å². The molecule has 15 heavy (non-hydrogen) atoms. The molecule has 0 bridgehead atoms. The summed E-state index contributed by atoms with van der Waals surface area (Å²) in [6.45, 7) is 1.40. The fourth-order valence-electron chi connectivity index (χ4n) is 0.973. The molecule has 1 N–H and O–H groups in total. The van der Waals surface area contributed by atoms with Crippen LogP contribution in [0.5, 0.6) is 0 Å². The molecule has 1 amide bonds. The quantitative estimate of drug-likeness (QED) is 0.754. The number of amides is 1. The Morgan fingerprint density at radius 1 is 1.40 bits per heavy atom. The van der Waals surface area contributed by atoms with Crippen LogP contribution in [-0.4, -0.2) is 45.4 Å². The molecule has 0 aliphatic heterocycles. The Kier molecular flexibility index (Phi) is 3.33. The molecule has 1 aromatic rings. The average Bonchev–Trinajstić information content (AvgIpc) is 2.17. The van der Waals surface area contributed by atoms with Crippen molar-refractivity contribution in [1.29, 1.82) is 0 Å². The molecule has 0 saturated heterocycles. The predicted molar refractivity (Wildman–Crippen MR) is 51.4 cm³/mol. The summed E-state index contributed by atoms with van der Waals surface area (Å²) in [5.41, 5.74) is 0.844. The van der Waals surface area contributed by atoms with Crippen LogP contribution < -0.4 is 0 Å². The van der Waals surface area contributed by atoms with Crippen molar-refractivity contribution in [2.45, 2.75) is 6.92 Å². The van der Waals surface area contributed by atoms with Crippen LogP contribution in [0, 0.1) is 6.92 Å². The third kappa shape index (κ3) is 3.01. The second-order valence-corrected chi connectivity index (χ2v) is 3.10. The highest BCUT2D eigenvalue weighted by atomic mass is 16.4. The number of carbonyl (C=O) groups excluding carboxylic acids is 1. The highest BCUT2D eigenvalue weighted by molar-refractivity contribution is 5.93. The fourth-order valence-corrected chi connectivity index (χ4v) is 0.973. The van der Waals surface area contributed by atoms with Crippen LogP contribution in [-0.2, 0) is 4.79 Å². The maximum absolute atomic E-state index is 11.6. The lowest BCUT2D eigenvalue weighted by Gasteiger charge is -2.13. The fraction of sp³-hybridized carbons (Fsp3) is 0.333. The number of carbonyl (C=O) groups is 2. The molecule has 1 aromatic heterocycles. The molecule has 0 atom stereocenters. The summed E-state index contributed by atoms with van der Waals surface area (Å²) in [5, 5.41) is 8.49. The minimum absolute atomic E-state index is 0.143. The molecule has 6 nitrogen and oxygen atoms in total. The SMILES string of the molecule is Cc1cnc(C(=O)N(C)CC(=O)O)cn1. The Morgan fingerprint density at radius 3 is 2.53 bits per heavy atom. The summed E-state index contributed by atoms with van der Waals surface area (Å²) in [7, 11) is 1.40. The van der Waals surface area contributed by atoms with Crippen molar-refractivity contribution in [2.75, 3.05) is 13.6 Å². The van der Waals surface area contributed by atoms with Gasteiger partial charge in [0.2, 0.25) is 0 Å². The van der Waals surface area contributed by atoms with Gasteiger partial charge in [-0.05, 0) is 6.92 Å². The molecule has 1 heterocycles. The van der Waals surface area contributed by atoms with Crippen LogP contribution in [0.15, 0.2) is 12.4 Å². The highest BCUT2D eigenvalue weighted by Crippen LogP contribution is 1.98. The van der Waals surface area contributed by atoms with Gasteiger partial charge >= 0.3 is 5.97 Å². The van der Waals surface area contributed by atoms with Gasteiger partial charge in [0, 0.05) is 13.2 Å². The van der Waals surface area contributed by atoms with E-state index in [1.165, 1.54) is 19.4 Å². The third-order valence-corrected chi connectivity index (χ3v) is 1.72. The smallest absolute Gasteiger partial charge is 0.323 e.